The van der Waals surface area contributed by atoms with Gasteiger partial charge in [0.25, 0.3) is 0 Å². The quantitative estimate of drug-likeness (QED) is 0.680. The molecule has 0 aliphatic heterocycles. The molecule has 1 aliphatic carbocycles. The van der Waals surface area contributed by atoms with E-state index in [-0.39, 0.29) is 17.1 Å². The zero-order valence-corrected chi connectivity index (χ0v) is 7.84. The number of aliphatic carboxylic acids is 1. The fraction of sp³-hybridized carbons (Fsp3) is 0.778. The van der Waals surface area contributed by atoms with Gasteiger partial charge in [-0.3, -0.25) is 9.59 Å². The molecule has 0 saturated heterocycles. The van der Waals surface area contributed by atoms with Crippen LogP contribution in [0.15, 0.2) is 0 Å². The van der Waals surface area contributed by atoms with E-state index in [4.69, 9.17) is 5.11 Å². The van der Waals surface area contributed by atoms with E-state index in [9.17, 15) is 9.59 Å². The number of rotatable bonds is 2. The number of carbonyl (C=O) groups is 2. The molecule has 12 heavy (non-hydrogen) atoms. The first-order valence-corrected chi connectivity index (χ1v) is 4.00. The van der Waals surface area contributed by atoms with Gasteiger partial charge in [-0.2, -0.15) is 0 Å². The summed E-state index contributed by atoms with van der Waals surface area (Å²) in [6.07, 6.45) is 0. The molecule has 68 valence electrons. The van der Waals surface area contributed by atoms with Crippen LogP contribution in [0, 0.1) is 16.7 Å². The second-order valence-electron chi connectivity index (χ2n) is 4.27. The number of carboxylic acids is 1. The minimum Gasteiger partial charge on any atom is -0.481 e. The maximum atomic E-state index is 11.1. The molecule has 0 spiro atoms. The molecule has 2 atom stereocenters. The lowest BCUT2D eigenvalue weighted by molar-refractivity contribution is -0.145. The van der Waals surface area contributed by atoms with E-state index in [1.54, 1.807) is 6.92 Å². The number of hydrogen-bond donors (Lipinski definition) is 1. The van der Waals surface area contributed by atoms with Gasteiger partial charge in [0, 0.05) is 5.92 Å². The molecule has 3 nitrogen and oxygen atoms in total. The van der Waals surface area contributed by atoms with Crippen molar-refractivity contribution in [1.82, 2.24) is 0 Å². The SMILES string of the molecule is CC(=O)C1C(C)(C)C1(C)C(=O)O. The van der Waals surface area contributed by atoms with Crippen LogP contribution in [-0.2, 0) is 9.59 Å². The Morgan fingerprint density at radius 1 is 1.25 bits per heavy atom. The van der Waals surface area contributed by atoms with Crippen LogP contribution in [0.3, 0.4) is 0 Å². The zero-order chi connectivity index (χ0) is 9.73. The van der Waals surface area contributed by atoms with Gasteiger partial charge in [0.15, 0.2) is 0 Å². The number of Topliss-reactive ketones (excluding diaryl/α,β-unsaturated/α-hetero) is 1. The largest absolute Gasteiger partial charge is 0.481 e. The van der Waals surface area contributed by atoms with Crippen LogP contribution >= 0.6 is 0 Å². The average molecular weight is 170 g/mol. The fourth-order valence-corrected chi connectivity index (χ4v) is 2.29. The molecule has 1 rings (SSSR count). The predicted octanol–water partition coefficient (Wildman–Crippen LogP) is 1.32. The van der Waals surface area contributed by atoms with Gasteiger partial charge in [0.1, 0.15) is 5.78 Å². The first kappa shape index (κ1) is 9.23. The number of carboxylic acid groups (broad SMARTS) is 1. The molecule has 0 radical (unpaired) electrons. The summed E-state index contributed by atoms with van der Waals surface area (Å²) < 4.78 is 0. The van der Waals surface area contributed by atoms with Crippen molar-refractivity contribution < 1.29 is 14.7 Å². The minimum atomic E-state index is -0.868. The highest BCUT2D eigenvalue weighted by molar-refractivity contribution is 5.94. The third-order valence-electron chi connectivity index (χ3n) is 3.41. The molecular formula is C9H14O3. The van der Waals surface area contributed by atoms with E-state index in [1.165, 1.54) is 6.92 Å². The molecular weight excluding hydrogens is 156 g/mol. The molecule has 1 aliphatic rings. The van der Waals surface area contributed by atoms with E-state index in [0.717, 1.165) is 0 Å². The van der Waals surface area contributed by atoms with Crippen LogP contribution in [0.5, 0.6) is 0 Å². The van der Waals surface area contributed by atoms with Crippen molar-refractivity contribution in [2.75, 3.05) is 0 Å². The van der Waals surface area contributed by atoms with Crippen LogP contribution in [0.2, 0.25) is 0 Å². The van der Waals surface area contributed by atoms with Crippen molar-refractivity contribution in [2.24, 2.45) is 16.7 Å². The van der Waals surface area contributed by atoms with Gasteiger partial charge < -0.3 is 5.11 Å². The summed E-state index contributed by atoms with van der Waals surface area (Å²) in [5, 5.41) is 8.92. The highest BCUT2D eigenvalue weighted by Gasteiger charge is 2.74. The normalized spacial score (nSPS) is 37.5. The van der Waals surface area contributed by atoms with Crippen molar-refractivity contribution >= 4 is 11.8 Å². The third kappa shape index (κ3) is 0.765. The van der Waals surface area contributed by atoms with Crippen LogP contribution in [0.4, 0.5) is 0 Å². The Labute approximate surface area is 71.8 Å². The monoisotopic (exact) mass is 170 g/mol. The first-order chi connectivity index (χ1) is 5.26. The summed E-state index contributed by atoms with van der Waals surface area (Å²) in [5.74, 6) is -1.21. The van der Waals surface area contributed by atoms with E-state index < -0.39 is 11.4 Å². The van der Waals surface area contributed by atoms with Gasteiger partial charge in [-0.25, -0.2) is 0 Å². The lowest BCUT2D eigenvalue weighted by Crippen LogP contribution is -2.18. The first-order valence-electron chi connectivity index (χ1n) is 4.00. The van der Waals surface area contributed by atoms with Gasteiger partial charge in [-0.05, 0) is 19.3 Å². The summed E-state index contributed by atoms with van der Waals surface area (Å²) in [7, 11) is 0. The van der Waals surface area contributed by atoms with E-state index in [1.807, 2.05) is 13.8 Å². The molecule has 0 amide bonds. The van der Waals surface area contributed by atoms with E-state index >= 15 is 0 Å². The highest BCUT2D eigenvalue weighted by Crippen LogP contribution is 2.68. The highest BCUT2D eigenvalue weighted by atomic mass is 16.4. The van der Waals surface area contributed by atoms with E-state index in [0.29, 0.717) is 0 Å². The Balaban J connectivity index is 2.99. The van der Waals surface area contributed by atoms with Crippen LogP contribution in [-0.4, -0.2) is 16.9 Å². The van der Waals surface area contributed by atoms with Crippen molar-refractivity contribution in [3.63, 3.8) is 0 Å². The zero-order valence-electron chi connectivity index (χ0n) is 7.84. The molecule has 1 fully saturated rings. The average Bonchev–Trinajstić information content (AvgIpc) is 2.28. The Hall–Kier alpha value is -0.860. The second-order valence-corrected chi connectivity index (χ2v) is 4.27. The van der Waals surface area contributed by atoms with Crippen molar-refractivity contribution in [1.29, 1.82) is 0 Å². The lowest BCUT2D eigenvalue weighted by Gasteiger charge is -2.06. The summed E-state index contributed by atoms with van der Waals surface area (Å²) >= 11 is 0. The molecule has 3 heteroatoms. The van der Waals surface area contributed by atoms with Crippen LogP contribution < -0.4 is 0 Å². The minimum absolute atomic E-state index is 0.0232. The number of ketones is 1. The number of carbonyl (C=O) groups excluding carboxylic acids is 1. The van der Waals surface area contributed by atoms with Gasteiger partial charge in [0.2, 0.25) is 0 Å². The third-order valence-corrected chi connectivity index (χ3v) is 3.41. The Morgan fingerprint density at radius 3 is 1.75 bits per heavy atom. The van der Waals surface area contributed by atoms with Crippen molar-refractivity contribution in [3.05, 3.63) is 0 Å². The second kappa shape index (κ2) is 2.09. The smallest absolute Gasteiger partial charge is 0.310 e. The Kier molecular flexibility index (Phi) is 1.61. The van der Waals surface area contributed by atoms with Crippen molar-refractivity contribution in [3.8, 4) is 0 Å². The molecule has 1 N–H and O–H groups in total. The lowest BCUT2D eigenvalue weighted by atomic mass is 9.99. The maximum absolute atomic E-state index is 11.1. The van der Waals surface area contributed by atoms with Crippen LogP contribution in [0.1, 0.15) is 27.7 Å². The summed E-state index contributed by atoms with van der Waals surface area (Å²) in [5.41, 5.74) is -1.23. The molecule has 0 bridgehead atoms. The van der Waals surface area contributed by atoms with Crippen LogP contribution in [0.25, 0.3) is 0 Å². The van der Waals surface area contributed by atoms with E-state index in [2.05, 4.69) is 0 Å². The number of hydrogen-bond acceptors (Lipinski definition) is 2. The predicted molar refractivity (Wildman–Crippen MR) is 43.7 cm³/mol. The standard InChI is InChI=1S/C9H14O3/c1-5(10)6-8(2,3)9(6,4)7(11)12/h6H,1-4H3,(H,11,12). The molecule has 0 aromatic rings. The Bertz CT molecular complexity index is 254. The topological polar surface area (TPSA) is 54.4 Å². The summed E-state index contributed by atoms with van der Waals surface area (Å²) in [4.78, 5) is 21.9. The molecule has 0 heterocycles. The molecule has 0 aromatic carbocycles. The fourth-order valence-electron chi connectivity index (χ4n) is 2.29. The molecule has 0 aromatic heterocycles. The maximum Gasteiger partial charge on any atom is 0.310 e. The molecule has 1 saturated carbocycles. The summed E-state index contributed by atoms with van der Waals surface area (Å²) in [6.45, 7) is 6.75. The van der Waals surface area contributed by atoms with Crippen molar-refractivity contribution in [2.45, 2.75) is 27.7 Å². The Morgan fingerprint density at radius 2 is 1.67 bits per heavy atom. The summed E-state index contributed by atoms with van der Waals surface area (Å²) in [6, 6.07) is 0. The van der Waals surface area contributed by atoms with Gasteiger partial charge >= 0.3 is 5.97 Å². The van der Waals surface area contributed by atoms with Gasteiger partial charge in [0.05, 0.1) is 5.41 Å². The molecule has 2 unspecified atom stereocenters. The van der Waals surface area contributed by atoms with Gasteiger partial charge in [-0.15, -0.1) is 0 Å². The van der Waals surface area contributed by atoms with Gasteiger partial charge in [-0.1, -0.05) is 13.8 Å².